The Bertz CT molecular complexity index is 516. The van der Waals surface area contributed by atoms with Crippen LogP contribution in [0.4, 0.5) is 5.82 Å². The number of aromatic nitrogens is 2. The van der Waals surface area contributed by atoms with E-state index in [0.29, 0.717) is 29.4 Å². The number of anilines is 1. The van der Waals surface area contributed by atoms with Crippen molar-refractivity contribution in [2.75, 3.05) is 31.6 Å². The van der Waals surface area contributed by atoms with Gasteiger partial charge in [-0.25, -0.2) is 4.98 Å². The van der Waals surface area contributed by atoms with Gasteiger partial charge in [0.25, 0.3) is 5.56 Å². The molecule has 0 saturated carbocycles. The molecule has 0 aromatic carbocycles. The smallest absolute Gasteiger partial charge is 0.295 e. The van der Waals surface area contributed by atoms with Crippen LogP contribution >= 0.6 is 0 Å². The van der Waals surface area contributed by atoms with Crippen LogP contribution < -0.4 is 20.5 Å². The first-order valence-electron chi connectivity index (χ1n) is 6.85. The average Bonchev–Trinajstić information content (AvgIpc) is 2.98. The molecule has 0 amide bonds. The van der Waals surface area contributed by atoms with Crippen LogP contribution in [0.5, 0.6) is 5.75 Å². The van der Waals surface area contributed by atoms with Gasteiger partial charge >= 0.3 is 0 Å². The maximum atomic E-state index is 11.8. The highest BCUT2D eigenvalue weighted by Gasteiger charge is 2.44. The summed E-state index contributed by atoms with van der Waals surface area (Å²) in [5.74, 6) is 2.31. The number of hydrogen-bond donors (Lipinski definition) is 2. The molecule has 0 bridgehead atoms. The van der Waals surface area contributed by atoms with Gasteiger partial charge in [0.15, 0.2) is 5.82 Å². The summed E-state index contributed by atoms with van der Waals surface area (Å²) >= 11 is 0. The van der Waals surface area contributed by atoms with Crippen molar-refractivity contribution in [1.29, 1.82) is 0 Å². The molecule has 2 fully saturated rings. The Labute approximate surface area is 112 Å². The first-order valence-corrected chi connectivity index (χ1v) is 6.85. The van der Waals surface area contributed by atoms with Gasteiger partial charge in [0.2, 0.25) is 5.75 Å². The average molecular weight is 264 g/mol. The predicted octanol–water partition coefficient (Wildman–Crippen LogP) is 0.213. The van der Waals surface area contributed by atoms with Gasteiger partial charge < -0.3 is 19.9 Å². The maximum absolute atomic E-state index is 11.8. The number of nitrogens with one attached hydrogen (secondary N) is 2. The van der Waals surface area contributed by atoms with Gasteiger partial charge in [0, 0.05) is 25.7 Å². The molecule has 0 spiro atoms. The minimum absolute atomic E-state index is 0.211. The number of methoxy groups -OCH3 is 1. The van der Waals surface area contributed by atoms with Crippen LogP contribution in [0.3, 0.4) is 0 Å². The quantitative estimate of drug-likeness (QED) is 0.817. The number of H-pyrrole nitrogens is 1. The summed E-state index contributed by atoms with van der Waals surface area (Å²) in [7, 11) is 1.52. The molecule has 19 heavy (non-hydrogen) atoms. The first-order chi connectivity index (χ1) is 9.26. The third-order valence-corrected chi connectivity index (χ3v) is 4.40. The normalized spacial score (nSPS) is 29.6. The van der Waals surface area contributed by atoms with E-state index in [0.717, 1.165) is 26.1 Å². The molecular formula is C13H20N4O2. The number of aromatic amines is 1. The van der Waals surface area contributed by atoms with Gasteiger partial charge in [-0.05, 0) is 18.3 Å². The van der Waals surface area contributed by atoms with E-state index in [1.165, 1.54) is 13.4 Å². The molecule has 6 nitrogen and oxygen atoms in total. The molecule has 1 aromatic rings. The summed E-state index contributed by atoms with van der Waals surface area (Å²) < 4.78 is 5.24. The van der Waals surface area contributed by atoms with Crippen molar-refractivity contribution in [1.82, 2.24) is 15.3 Å². The van der Waals surface area contributed by atoms with Gasteiger partial charge in [0.1, 0.15) is 0 Å². The maximum Gasteiger partial charge on any atom is 0.295 e. The first kappa shape index (κ1) is 12.5. The summed E-state index contributed by atoms with van der Waals surface area (Å²) in [6.45, 7) is 5.26. The lowest BCUT2D eigenvalue weighted by atomic mass is 9.93. The Kier molecular flexibility index (Phi) is 3.18. The van der Waals surface area contributed by atoms with Crippen molar-refractivity contribution < 1.29 is 4.74 Å². The Morgan fingerprint density at radius 1 is 1.53 bits per heavy atom. The van der Waals surface area contributed by atoms with Crippen molar-refractivity contribution in [3.63, 3.8) is 0 Å². The zero-order valence-electron chi connectivity index (χ0n) is 11.3. The summed E-state index contributed by atoms with van der Waals surface area (Å²) in [6, 6.07) is 0.434. The van der Waals surface area contributed by atoms with Gasteiger partial charge in [0.05, 0.1) is 13.4 Å². The van der Waals surface area contributed by atoms with Crippen LogP contribution in [0, 0.1) is 11.8 Å². The third-order valence-electron chi connectivity index (χ3n) is 4.40. The second-order valence-electron chi connectivity index (χ2n) is 5.30. The minimum atomic E-state index is -0.211. The monoisotopic (exact) mass is 264 g/mol. The molecule has 3 rings (SSSR count). The molecule has 0 aliphatic carbocycles. The number of hydrogen-bond acceptors (Lipinski definition) is 5. The van der Waals surface area contributed by atoms with Crippen LogP contribution in [-0.2, 0) is 0 Å². The van der Waals surface area contributed by atoms with Gasteiger partial charge in [-0.2, -0.15) is 0 Å². The molecule has 2 saturated heterocycles. The summed E-state index contributed by atoms with van der Waals surface area (Å²) in [5, 5.41) is 3.45. The van der Waals surface area contributed by atoms with Crippen LogP contribution in [-0.4, -0.2) is 42.8 Å². The molecular weight excluding hydrogens is 244 g/mol. The van der Waals surface area contributed by atoms with E-state index in [1.807, 2.05) is 0 Å². The highest BCUT2D eigenvalue weighted by Crippen LogP contribution is 2.38. The number of fused-ring (bicyclic) bond motifs is 1. The van der Waals surface area contributed by atoms with E-state index < -0.39 is 0 Å². The van der Waals surface area contributed by atoms with E-state index in [2.05, 4.69) is 27.1 Å². The Hall–Kier alpha value is -1.56. The molecule has 6 heteroatoms. The topological polar surface area (TPSA) is 70.2 Å². The number of ether oxygens (including phenoxy) is 1. The van der Waals surface area contributed by atoms with Crippen LogP contribution in [0.2, 0.25) is 0 Å². The van der Waals surface area contributed by atoms with Crippen molar-refractivity contribution in [2.24, 2.45) is 11.8 Å². The van der Waals surface area contributed by atoms with Crippen molar-refractivity contribution in [2.45, 2.75) is 19.4 Å². The molecule has 3 unspecified atom stereocenters. The highest BCUT2D eigenvalue weighted by atomic mass is 16.5. The number of rotatable bonds is 3. The molecule has 0 radical (unpaired) electrons. The lowest BCUT2D eigenvalue weighted by molar-refractivity contribution is 0.401. The zero-order valence-corrected chi connectivity index (χ0v) is 11.3. The lowest BCUT2D eigenvalue weighted by Gasteiger charge is -2.28. The second kappa shape index (κ2) is 4.85. The molecule has 3 atom stereocenters. The molecule has 2 aliphatic heterocycles. The standard InChI is InChI=1S/C13H20N4O2/c1-3-10-9-5-14-4-8(9)6-17(10)12-11(19-2)13(18)16-7-15-12/h7-10,14H,3-6H2,1-2H3,(H,15,16,18). The van der Waals surface area contributed by atoms with Crippen LogP contribution in [0.1, 0.15) is 13.3 Å². The summed E-state index contributed by atoms with van der Waals surface area (Å²) in [4.78, 5) is 21.0. The SMILES string of the molecule is CCC1C2CNCC2CN1c1nc[nH]c(=O)c1OC. The predicted molar refractivity (Wildman–Crippen MR) is 72.7 cm³/mol. The van der Waals surface area contributed by atoms with E-state index in [4.69, 9.17) is 4.74 Å². The van der Waals surface area contributed by atoms with Crippen LogP contribution in [0.15, 0.2) is 11.1 Å². The van der Waals surface area contributed by atoms with Crippen molar-refractivity contribution in [3.05, 3.63) is 16.7 Å². The fourth-order valence-electron chi connectivity index (χ4n) is 3.56. The molecule has 2 aliphatic rings. The van der Waals surface area contributed by atoms with Crippen LogP contribution in [0.25, 0.3) is 0 Å². The van der Waals surface area contributed by atoms with E-state index in [-0.39, 0.29) is 5.56 Å². The van der Waals surface area contributed by atoms with E-state index in [1.54, 1.807) is 0 Å². The summed E-state index contributed by atoms with van der Waals surface area (Å²) in [6.07, 6.45) is 2.51. The number of nitrogens with zero attached hydrogens (tertiary/aromatic N) is 2. The molecule has 2 N–H and O–H groups in total. The zero-order chi connectivity index (χ0) is 13.4. The molecule has 104 valence electrons. The molecule has 1 aromatic heterocycles. The highest BCUT2D eigenvalue weighted by molar-refractivity contribution is 5.53. The van der Waals surface area contributed by atoms with E-state index in [9.17, 15) is 4.79 Å². The largest absolute Gasteiger partial charge is 0.489 e. The van der Waals surface area contributed by atoms with E-state index >= 15 is 0 Å². The Balaban J connectivity index is 1.98. The minimum Gasteiger partial charge on any atom is -0.489 e. The fraction of sp³-hybridized carbons (Fsp3) is 0.692. The van der Waals surface area contributed by atoms with Gasteiger partial charge in [-0.1, -0.05) is 6.92 Å². The summed E-state index contributed by atoms with van der Waals surface area (Å²) in [5.41, 5.74) is -0.211. The lowest BCUT2D eigenvalue weighted by Crippen LogP contribution is -2.36. The Morgan fingerprint density at radius 3 is 3.11 bits per heavy atom. The molecule has 3 heterocycles. The van der Waals surface area contributed by atoms with Gasteiger partial charge in [-0.3, -0.25) is 4.79 Å². The fourth-order valence-corrected chi connectivity index (χ4v) is 3.56. The van der Waals surface area contributed by atoms with Crippen molar-refractivity contribution in [3.8, 4) is 5.75 Å². The second-order valence-corrected chi connectivity index (χ2v) is 5.30. The third kappa shape index (κ3) is 1.90. The Morgan fingerprint density at radius 2 is 2.37 bits per heavy atom. The van der Waals surface area contributed by atoms with Gasteiger partial charge in [-0.15, -0.1) is 0 Å². The van der Waals surface area contributed by atoms with Crippen molar-refractivity contribution >= 4 is 5.82 Å².